The molecule has 1 aromatic heterocycles. The highest BCUT2D eigenvalue weighted by Crippen LogP contribution is 2.50. The van der Waals surface area contributed by atoms with E-state index in [0.29, 0.717) is 39.3 Å². The third-order valence-electron chi connectivity index (χ3n) is 10.6. The molecule has 3 heterocycles. The first-order valence-electron chi connectivity index (χ1n) is 18.0. The zero-order chi connectivity index (χ0) is 37.2. The summed E-state index contributed by atoms with van der Waals surface area (Å²) in [6, 6.07) is 40.4. The van der Waals surface area contributed by atoms with E-state index in [1.165, 1.54) is 0 Å². The number of rotatable bonds is 10. The average Bonchev–Trinajstić information content (AvgIpc) is 3.60. The Morgan fingerprint density at radius 3 is 1.24 bits per heavy atom. The Hall–Kier alpha value is -6.38. The number of aromatic nitrogens is 2. The predicted octanol–water partition coefficient (Wildman–Crippen LogP) is 6.10. The Bertz CT molecular complexity index is 2160. The van der Waals surface area contributed by atoms with Crippen molar-refractivity contribution in [2.24, 2.45) is 0 Å². The number of anilines is 2. The van der Waals surface area contributed by atoms with Crippen molar-refractivity contribution in [3.8, 4) is 0 Å². The van der Waals surface area contributed by atoms with Gasteiger partial charge in [0.25, 0.3) is 5.52 Å². The van der Waals surface area contributed by atoms with Gasteiger partial charge in [-0.3, -0.25) is 34.7 Å². The number of hydrogen-bond acceptors (Lipinski definition) is 11. The van der Waals surface area contributed by atoms with Gasteiger partial charge in [-0.2, -0.15) is 0 Å². The Labute approximate surface area is 310 Å². The topological polar surface area (TPSA) is 152 Å². The molecular formula is C40H38N8O6. The first kappa shape index (κ1) is 34.7. The average molecular weight is 727 g/mol. The van der Waals surface area contributed by atoms with Gasteiger partial charge >= 0.3 is 16.9 Å². The fourth-order valence-electron chi connectivity index (χ4n) is 8.17. The van der Waals surface area contributed by atoms with Gasteiger partial charge in [0.05, 0.1) is 21.9 Å². The third-order valence-corrected chi connectivity index (χ3v) is 10.6. The highest BCUT2D eigenvalue weighted by molar-refractivity contribution is 6.06. The summed E-state index contributed by atoms with van der Waals surface area (Å²) >= 11 is 0. The van der Waals surface area contributed by atoms with E-state index in [-0.39, 0.29) is 47.0 Å². The molecule has 0 saturated carbocycles. The molecule has 0 N–H and O–H groups in total. The molecule has 2 fully saturated rings. The van der Waals surface area contributed by atoms with Crippen LogP contribution >= 0.6 is 0 Å². The Kier molecular flexibility index (Phi) is 9.59. The zero-order valence-electron chi connectivity index (χ0n) is 29.4. The van der Waals surface area contributed by atoms with Crippen molar-refractivity contribution in [3.63, 3.8) is 0 Å². The number of nitrogens with zero attached hydrogens (tertiary/aromatic N) is 8. The van der Waals surface area contributed by atoms with Gasteiger partial charge in [0.15, 0.2) is 5.69 Å². The summed E-state index contributed by atoms with van der Waals surface area (Å²) in [5.74, 6) is 0. The van der Waals surface area contributed by atoms with Crippen LogP contribution in [0.3, 0.4) is 0 Å². The van der Waals surface area contributed by atoms with Crippen LogP contribution in [-0.4, -0.2) is 77.2 Å². The van der Waals surface area contributed by atoms with Gasteiger partial charge in [-0.05, 0) is 27.2 Å². The maximum Gasteiger partial charge on any atom is 0.354 e. The second kappa shape index (κ2) is 14.9. The number of benzene rings is 5. The highest BCUT2D eigenvalue weighted by Gasteiger charge is 2.46. The minimum Gasteiger partial charge on any atom is -0.360 e. The van der Waals surface area contributed by atoms with Crippen LogP contribution in [0.1, 0.15) is 34.3 Å². The van der Waals surface area contributed by atoms with Crippen LogP contribution in [0, 0.1) is 25.4 Å². The van der Waals surface area contributed by atoms with Crippen LogP contribution in [0.2, 0.25) is 0 Å². The van der Waals surface area contributed by atoms with Crippen molar-refractivity contribution in [2.45, 2.75) is 12.1 Å². The first-order chi connectivity index (χ1) is 26.4. The molecule has 274 valence electrons. The van der Waals surface area contributed by atoms with Crippen molar-refractivity contribution in [1.82, 2.24) is 15.0 Å². The van der Waals surface area contributed by atoms with E-state index < -0.39 is 26.7 Å². The Morgan fingerprint density at radius 1 is 0.537 bits per heavy atom. The number of piperazine rings is 2. The normalized spacial score (nSPS) is 15.7. The molecule has 0 amide bonds. The van der Waals surface area contributed by atoms with Crippen LogP contribution in [0.4, 0.5) is 22.7 Å². The Balaban J connectivity index is 1.15. The number of nitro benzene ring substituents is 2. The summed E-state index contributed by atoms with van der Waals surface area (Å²) < 4.78 is 4.96. The first-order valence-corrected chi connectivity index (χ1v) is 18.0. The predicted molar refractivity (Wildman–Crippen MR) is 203 cm³/mol. The molecule has 0 aliphatic carbocycles. The van der Waals surface area contributed by atoms with Crippen molar-refractivity contribution in [1.29, 1.82) is 0 Å². The summed E-state index contributed by atoms with van der Waals surface area (Å²) in [7, 11) is 0. The molecular weight excluding hydrogens is 688 g/mol. The Morgan fingerprint density at radius 2 is 0.889 bits per heavy atom. The molecule has 0 bridgehead atoms. The minimum absolute atomic E-state index is 0.00162. The van der Waals surface area contributed by atoms with Crippen LogP contribution < -0.4 is 14.7 Å². The summed E-state index contributed by atoms with van der Waals surface area (Å²) in [4.78, 5) is 32.8. The van der Waals surface area contributed by atoms with Crippen LogP contribution in [0.5, 0.6) is 0 Å². The summed E-state index contributed by atoms with van der Waals surface area (Å²) in [5.41, 5.74) is 2.51. The molecule has 8 rings (SSSR count). The van der Waals surface area contributed by atoms with Gasteiger partial charge in [-0.1, -0.05) is 121 Å². The smallest absolute Gasteiger partial charge is 0.354 e. The highest BCUT2D eigenvalue weighted by atomic mass is 16.8. The molecule has 6 aromatic rings. The summed E-state index contributed by atoms with van der Waals surface area (Å²) in [6.07, 6.45) is 0. The van der Waals surface area contributed by atoms with E-state index in [9.17, 15) is 25.4 Å². The lowest BCUT2D eigenvalue weighted by Gasteiger charge is -2.41. The van der Waals surface area contributed by atoms with E-state index in [4.69, 9.17) is 4.63 Å². The van der Waals surface area contributed by atoms with Gasteiger partial charge in [-0.25, -0.2) is 0 Å². The van der Waals surface area contributed by atoms with E-state index in [1.54, 1.807) is 4.90 Å². The molecule has 2 saturated heterocycles. The monoisotopic (exact) mass is 726 g/mol. The van der Waals surface area contributed by atoms with E-state index in [0.717, 1.165) is 22.3 Å². The molecule has 0 radical (unpaired) electrons. The number of hydrogen-bond donors (Lipinski definition) is 0. The van der Waals surface area contributed by atoms with Gasteiger partial charge in [0.1, 0.15) is 0 Å². The van der Waals surface area contributed by atoms with E-state index in [1.807, 2.05) is 77.7 Å². The van der Waals surface area contributed by atoms with E-state index >= 15 is 0 Å². The maximum atomic E-state index is 13.2. The van der Waals surface area contributed by atoms with Gasteiger partial charge in [0.2, 0.25) is 5.69 Å². The van der Waals surface area contributed by atoms with Crippen LogP contribution in [-0.2, 0) is 0 Å². The van der Waals surface area contributed by atoms with Crippen LogP contribution in [0.15, 0.2) is 126 Å². The second-order valence-corrected chi connectivity index (χ2v) is 13.5. The van der Waals surface area contributed by atoms with Crippen molar-refractivity contribution >= 4 is 33.8 Å². The minimum atomic E-state index is -0.731. The second-order valence-electron chi connectivity index (χ2n) is 13.5. The zero-order valence-corrected chi connectivity index (χ0v) is 29.4. The van der Waals surface area contributed by atoms with Crippen molar-refractivity contribution < 1.29 is 19.4 Å². The SMILES string of the molecule is O=[N+]([O-])c1c(N2CCN(C(c3ccccc3)c3ccccc3)CC2)c([N+](=O)[O-])c2c(no[n+]2[O-])c1N1CCN(C(c2ccccc2)c2ccccc2)CC1. The van der Waals surface area contributed by atoms with Gasteiger partial charge in [-0.15, -0.1) is 0 Å². The largest absolute Gasteiger partial charge is 0.360 e. The molecule has 2 aliphatic rings. The molecule has 5 aromatic carbocycles. The molecule has 54 heavy (non-hydrogen) atoms. The molecule has 14 nitrogen and oxygen atoms in total. The number of fused-ring (bicyclic) bond motifs is 1. The van der Waals surface area contributed by atoms with Crippen LogP contribution in [0.25, 0.3) is 11.0 Å². The summed E-state index contributed by atoms with van der Waals surface area (Å²) in [6.45, 7) is 3.14. The van der Waals surface area contributed by atoms with E-state index in [2.05, 4.69) is 63.5 Å². The quantitative estimate of drug-likeness (QED) is 0.0915. The molecule has 0 unspecified atom stereocenters. The number of nitro groups is 2. The lowest BCUT2D eigenvalue weighted by molar-refractivity contribution is -0.783. The lowest BCUT2D eigenvalue weighted by atomic mass is 9.96. The summed E-state index contributed by atoms with van der Waals surface area (Å²) in [5, 5.41) is 43.1. The molecule has 0 spiro atoms. The standard InChI is InChI=1S/C40H38N8O6/c49-46(50)39-36(44-25-21-42(22-26-44)34(29-13-5-1-6-14-29)30-15-7-2-8-16-30)33-37(48(53)54-41-33)40(47(51)52)38(39)45-27-23-43(24-28-45)35(31-17-9-3-10-18-31)32-19-11-4-12-20-32/h1-20,34-35H,21-28H2. The molecule has 14 heteroatoms. The molecule has 0 atom stereocenters. The fourth-order valence-corrected chi connectivity index (χ4v) is 8.17. The maximum absolute atomic E-state index is 13.2. The van der Waals surface area contributed by atoms with Gasteiger partial charge < -0.3 is 15.0 Å². The molecule has 2 aliphatic heterocycles. The fraction of sp³-hybridized carbons (Fsp3) is 0.250. The third kappa shape index (κ3) is 6.46. The lowest BCUT2D eigenvalue weighted by Crippen LogP contribution is -2.49. The van der Waals surface area contributed by atoms with Crippen molar-refractivity contribution in [2.75, 3.05) is 62.2 Å². The van der Waals surface area contributed by atoms with Gasteiger partial charge in [0, 0.05) is 57.5 Å². The van der Waals surface area contributed by atoms with Crippen molar-refractivity contribution in [3.05, 3.63) is 169 Å².